The number of nitrogens with one attached hydrogen (secondary N) is 3. The number of ether oxygens (including phenoxy) is 2. The first-order chi connectivity index (χ1) is 35.5. The van der Waals surface area contributed by atoms with E-state index in [1.54, 1.807) is 31.5 Å². The number of benzene rings is 3. The molecule has 4 fully saturated rings. The van der Waals surface area contributed by atoms with Gasteiger partial charge in [0.05, 0.1) is 34.3 Å². The molecule has 5 heterocycles. The topological polar surface area (TPSA) is 208 Å². The Hall–Kier alpha value is -6.60. The molecule has 0 bridgehead atoms. The number of pyridine rings is 2. The van der Waals surface area contributed by atoms with Gasteiger partial charge in [0.25, 0.3) is 21.6 Å². The standard InChI is InChI=1S/C56H67N9O8S/c1-37(2)48-34-57-21-16-46(48)51-36-62(35-39-5-8-43(72-4)9-6-39)25-26-64(51)42-30-56(31-42)19-23-63(24-20-56)41-7-11-47(52(28-41)73-44-27-40-15-22-58-53(40)60-33-44)54(66)61-74(70,71)45-10-12-49(50(29-45)65(68)69)59-32-38-13-17-55(3,67)18-14-38/h5-12,15-16,21-22,27-29,33-34,37-38,42,51,59,67H,13-14,17-20,23-26,30-32,35-36H2,1-4H3,(H,58,60)(H,61,66). The first kappa shape index (κ1) is 50.9. The van der Waals surface area contributed by atoms with E-state index in [2.05, 4.69) is 77.9 Å². The summed E-state index contributed by atoms with van der Waals surface area (Å²) in [4.78, 5) is 45.0. The molecule has 18 heteroatoms. The normalized spacial score (nSPS) is 21.6. The van der Waals surface area contributed by atoms with Crippen LogP contribution in [0, 0.1) is 21.4 Å². The fraction of sp³-hybridized carbons (Fsp3) is 0.446. The molecule has 2 aliphatic heterocycles. The largest absolute Gasteiger partial charge is 0.497 e. The number of piperazine rings is 1. The van der Waals surface area contributed by atoms with E-state index >= 15 is 0 Å². The lowest BCUT2D eigenvalue weighted by Gasteiger charge is -2.58. The fourth-order valence-electron chi connectivity index (χ4n) is 11.8. The van der Waals surface area contributed by atoms with E-state index in [9.17, 15) is 28.4 Å². The van der Waals surface area contributed by atoms with Crippen LogP contribution in [0.3, 0.4) is 0 Å². The molecule has 0 radical (unpaired) electrons. The van der Waals surface area contributed by atoms with Crippen LogP contribution in [0.5, 0.6) is 17.2 Å². The van der Waals surface area contributed by atoms with Gasteiger partial charge in [0.1, 0.15) is 28.6 Å². The molecule has 1 spiro atoms. The second kappa shape index (κ2) is 21.0. The molecular formula is C56H67N9O8S. The lowest BCUT2D eigenvalue weighted by atomic mass is 9.59. The average Bonchev–Trinajstić information content (AvgIpc) is 3.86. The Bertz CT molecular complexity index is 3100. The first-order valence-electron chi connectivity index (χ1n) is 25.9. The van der Waals surface area contributed by atoms with Crippen LogP contribution in [0.2, 0.25) is 0 Å². The van der Waals surface area contributed by atoms with E-state index < -0.39 is 37.0 Å². The zero-order chi connectivity index (χ0) is 51.8. The number of hydrogen-bond acceptors (Lipinski definition) is 14. The summed E-state index contributed by atoms with van der Waals surface area (Å²) >= 11 is 0. The van der Waals surface area contributed by atoms with Crippen LogP contribution >= 0.6 is 0 Å². The van der Waals surface area contributed by atoms with E-state index in [0.29, 0.717) is 42.7 Å². The van der Waals surface area contributed by atoms with E-state index in [4.69, 9.17) is 9.47 Å². The maximum atomic E-state index is 14.1. The number of hydrogen-bond donors (Lipinski definition) is 4. The quantitative estimate of drug-likeness (QED) is 0.0526. The van der Waals surface area contributed by atoms with Crippen LogP contribution in [-0.2, 0) is 16.6 Å². The van der Waals surface area contributed by atoms with Gasteiger partial charge in [0.2, 0.25) is 0 Å². The lowest BCUT2D eigenvalue weighted by molar-refractivity contribution is -0.384. The van der Waals surface area contributed by atoms with Crippen molar-refractivity contribution in [1.29, 1.82) is 0 Å². The molecule has 17 nitrogen and oxygen atoms in total. The molecule has 4 N–H and O–H groups in total. The number of carbonyl (C=O) groups is 1. The average molecular weight is 1030 g/mol. The summed E-state index contributed by atoms with van der Waals surface area (Å²) in [5, 5.41) is 26.5. The maximum Gasteiger partial charge on any atom is 0.293 e. The highest BCUT2D eigenvalue weighted by Crippen LogP contribution is 2.53. The molecule has 390 valence electrons. The smallest absolute Gasteiger partial charge is 0.293 e. The number of amides is 1. The van der Waals surface area contributed by atoms with Gasteiger partial charge in [-0.05, 0) is 147 Å². The van der Waals surface area contributed by atoms with Crippen molar-refractivity contribution >= 4 is 44.0 Å². The number of H-pyrrole nitrogens is 1. The van der Waals surface area contributed by atoms with E-state index in [0.717, 1.165) is 101 Å². The minimum Gasteiger partial charge on any atom is -0.497 e. The van der Waals surface area contributed by atoms with Crippen molar-refractivity contribution in [2.45, 2.75) is 107 Å². The number of fused-ring (bicyclic) bond motifs is 1. The van der Waals surface area contributed by atoms with Crippen molar-refractivity contribution in [2.75, 3.05) is 56.6 Å². The summed E-state index contributed by atoms with van der Waals surface area (Å²) in [5.41, 5.74) is 4.66. The van der Waals surface area contributed by atoms with Crippen molar-refractivity contribution in [3.05, 3.63) is 136 Å². The highest BCUT2D eigenvalue weighted by molar-refractivity contribution is 7.90. The number of methoxy groups -OCH3 is 1. The number of aromatic amines is 1. The van der Waals surface area contributed by atoms with Crippen LogP contribution in [0.4, 0.5) is 17.1 Å². The molecule has 1 atom stereocenters. The van der Waals surface area contributed by atoms with Gasteiger partial charge in [0, 0.05) is 99.7 Å². The number of sulfonamides is 1. The zero-order valence-electron chi connectivity index (χ0n) is 42.6. The van der Waals surface area contributed by atoms with Crippen molar-refractivity contribution in [2.24, 2.45) is 11.3 Å². The maximum absolute atomic E-state index is 14.1. The van der Waals surface area contributed by atoms with Crippen molar-refractivity contribution in [3.8, 4) is 17.2 Å². The fourth-order valence-corrected chi connectivity index (χ4v) is 12.8. The number of nitrogens with zero attached hydrogens (tertiary/aromatic N) is 6. The lowest BCUT2D eigenvalue weighted by Crippen LogP contribution is -2.60. The van der Waals surface area contributed by atoms with Gasteiger partial charge in [-0.25, -0.2) is 18.1 Å². The third-order valence-electron chi connectivity index (χ3n) is 16.2. The predicted octanol–water partition coefficient (Wildman–Crippen LogP) is 9.57. The van der Waals surface area contributed by atoms with Crippen molar-refractivity contribution in [1.82, 2.24) is 29.5 Å². The highest BCUT2D eigenvalue weighted by atomic mass is 32.2. The van der Waals surface area contributed by atoms with Gasteiger partial charge in [-0.15, -0.1) is 0 Å². The first-order valence-corrected chi connectivity index (χ1v) is 27.4. The molecule has 2 aliphatic carbocycles. The Labute approximate surface area is 432 Å². The van der Waals surface area contributed by atoms with Gasteiger partial charge in [-0.2, -0.15) is 0 Å². The van der Waals surface area contributed by atoms with Gasteiger partial charge in [0.15, 0.2) is 0 Å². The number of nitro groups is 1. The van der Waals surface area contributed by atoms with Gasteiger partial charge < -0.3 is 29.8 Å². The summed E-state index contributed by atoms with van der Waals surface area (Å²) in [6.07, 6.45) is 14.4. The van der Waals surface area contributed by atoms with Crippen LogP contribution in [0.15, 0.2) is 109 Å². The van der Waals surface area contributed by atoms with Crippen molar-refractivity contribution in [3.63, 3.8) is 0 Å². The number of aliphatic hydroxyl groups is 1. The minimum absolute atomic E-state index is 0.0328. The van der Waals surface area contributed by atoms with Crippen molar-refractivity contribution < 1.29 is 32.7 Å². The van der Waals surface area contributed by atoms with Gasteiger partial charge in [-0.3, -0.25) is 29.7 Å². The molecule has 6 aromatic rings. The predicted molar refractivity (Wildman–Crippen MR) is 284 cm³/mol. The SMILES string of the molecule is COc1ccc(CN2CCN(C3CC4(CCN(c5ccc(C(=O)NS(=O)(=O)c6ccc(NCC7CCC(C)(O)CC7)c([N+](=O)[O-])c6)c(Oc6cnc7[nH]ccc7c6)c5)CC4)C3)C(c3ccncc3C(C)C)C2)cc1. The molecular weight excluding hydrogens is 959 g/mol. The Morgan fingerprint density at radius 3 is 2.45 bits per heavy atom. The number of nitro benzene ring substituents is 1. The number of piperidine rings is 1. The summed E-state index contributed by atoms with van der Waals surface area (Å²) < 4.78 is 41.7. The van der Waals surface area contributed by atoms with Gasteiger partial charge in [-0.1, -0.05) is 26.0 Å². The van der Waals surface area contributed by atoms with E-state index in [-0.39, 0.29) is 34.4 Å². The Balaban J connectivity index is 0.830. The number of carbonyl (C=O) groups excluding carboxylic acids is 1. The molecule has 2 saturated carbocycles. The molecule has 10 rings (SSSR count). The highest BCUT2D eigenvalue weighted by Gasteiger charge is 2.50. The summed E-state index contributed by atoms with van der Waals surface area (Å²) in [6, 6.07) is 23.7. The van der Waals surface area contributed by atoms with Crippen LogP contribution in [0.1, 0.15) is 111 Å². The molecule has 3 aromatic heterocycles. The number of anilines is 2. The van der Waals surface area contributed by atoms with Crippen LogP contribution in [-0.4, -0.2) is 107 Å². The van der Waals surface area contributed by atoms with E-state index in [1.807, 2.05) is 37.4 Å². The molecule has 1 amide bonds. The molecule has 74 heavy (non-hydrogen) atoms. The Morgan fingerprint density at radius 1 is 0.946 bits per heavy atom. The third kappa shape index (κ3) is 11.1. The zero-order valence-corrected chi connectivity index (χ0v) is 43.4. The molecule has 1 unspecified atom stereocenters. The van der Waals surface area contributed by atoms with E-state index in [1.165, 1.54) is 35.0 Å². The monoisotopic (exact) mass is 1030 g/mol. The Kier molecular flexibility index (Phi) is 14.4. The summed E-state index contributed by atoms with van der Waals surface area (Å²) in [5.74, 6) is 0.954. The van der Waals surface area contributed by atoms with Crippen LogP contribution < -0.4 is 24.4 Å². The molecule has 4 aliphatic rings. The second-order valence-electron chi connectivity index (χ2n) is 21.6. The minimum atomic E-state index is -4.59. The number of aromatic nitrogens is 3. The summed E-state index contributed by atoms with van der Waals surface area (Å²) in [7, 11) is -2.89. The molecule has 3 aromatic carbocycles. The van der Waals surface area contributed by atoms with Gasteiger partial charge >= 0.3 is 0 Å². The van der Waals surface area contributed by atoms with Crippen LogP contribution in [0.25, 0.3) is 11.0 Å². The third-order valence-corrected chi connectivity index (χ3v) is 17.5. The Morgan fingerprint density at radius 2 is 1.72 bits per heavy atom. The second-order valence-corrected chi connectivity index (χ2v) is 23.3. The summed E-state index contributed by atoms with van der Waals surface area (Å²) in [6.45, 7) is 12.1. The number of rotatable bonds is 16. The molecule has 2 saturated heterocycles.